The van der Waals surface area contributed by atoms with Gasteiger partial charge in [-0.1, -0.05) is 0 Å². The van der Waals surface area contributed by atoms with E-state index in [9.17, 15) is 4.79 Å². The fraction of sp³-hybridized carbons (Fsp3) is 0.417. The highest BCUT2D eigenvalue weighted by Crippen LogP contribution is 2.16. The fourth-order valence-corrected chi connectivity index (χ4v) is 2.24. The Morgan fingerprint density at radius 3 is 2.69 bits per heavy atom. The van der Waals surface area contributed by atoms with E-state index in [0.29, 0.717) is 6.54 Å². The van der Waals surface area contributed by atoms with Crippen LogP contribution in [0.5, 0.6) is 0 Å². The lowest BCUT2D eigenvalue weighted by Crippen LogP contribution is -2.29. The predicted molar refractivity (Wildman–Crippen MR) is 70.5 cm³/mol. The molecule has 1 unspecified atom stereocenters. The van der Waals surface area contributed by atoms with Crippen molar-refractivity contribution >= 4 is 28.5 Å². The van der Waals surface area contributed by atoms with Crippen LogP contribution in [0.2, 0.25) is 0 Å². The molecule has 1 aliphatic heterocycles. The van der Waals surface area contributed by atoms with Crippen molar-refractivity contribution < 1.29 is 9.53 Å². The van der Waals surface area contributed by atoms with Crippen molar-refractivity contribution in [3.63, 3.8) is 0 Å². The number of hydrogen-bond acceptors (Lipinski definition) is 2. The van der Waals surface area contributed by atoms with Gasteiger partial charge in [-0.3, -0.25) is 4.79 Å². The largest absolute Gasteiger partial charge is 0.380 e. The van der Waals surface area contributed by atoms with Crippen LogP contribution in [0.15, 0.2) is 24.3 Å². The lowest BCUT2D eigenvalue weighted by Gasteiger charge is -2.16. The van der Waals surface area contributed by atoms with Gasteiger partial charge in [-0.15, -0.1) is 0 Å². The molecular weight excluding hydrogens is 317 g/mol. The molecule has 0 radical (unpaired) electrons. The minimum atomic E-state index is 0.107. The summed E-state index contributed by atoms with van der Waals surface area (Å²) < 4.78 is 6.40. The molecule has 2 rings (SSSR count). The number of carbonyl (C=O) groups is 1. The van der Waals surface area contributed by atoms with Gasteiger partial charge in [-0.05, 0) is 53.3 Å². The predicted octanol–water partition coefficient (Wildman–Crippen LogP) is 2.15. The molecule has 0 spiro atoms. The van der Waals surface area contributed by atoms with E-state index < -0.39 is 0 Å². The van der Waals surface area contributed by atoms with Gasteiger partial charge in [0.15, 0.2) is 0 Å². The second-order valence-corrected chi connectivity index (χ2v) is 5.15. The van der Waals surface area contributed by atoms with E-state index in [4.69, 9.17) is 4.74 Å². The van der Waals surface area contributed by atoms with E-state index in [2.05, 4.69) is 22.6 Å². The molecule has 1 heterocycles. The van der Waals surface area contributed by atoms with Gasteiger partial charge in [0.05, 0.1) is 6.10 Å². The number of methoxy groups -OCH3 is 1. The number of amides is 1. The zero-order valence-corrected chi connectivity index (χ0v) is 11.3. The van der Waals surface area contributed by atoms with E-state index in [1.54, 1.807) is 7.11 Å². The van der Waals surface area contributed by atoms with Crippen molar-refractivity contribution in [3.05, 3.63) is 33.4 Å². The molecule has 1 aliphatic rings. The third-order valence-electron chi connectivity index (χ3n) is 2.86. The van der Waals surface area contributed by atoms with Gasteiger partial charge in [0.25, 0.3) is 5.91 Å². The number of halogens is 1. The van der Waals surface area contributed by atoms with Crippen LogP contribution in [0, 0.1) is 3.57 Å². The van der Waals surface area contributed by atoms with Crippen LogP contribution < -0.4 is 0 Å². The minimum absolute atomic E-state index is 0.107. The summed E-state index contributed by atoms with van der Waals surface area (Å²) in [7, 11) is 1.70. The summed E-state index contributed by atoms with van der Waals surface area (Å²) in [5.74, 6) is 0.107. The second-order valence-electron chi connectivity index (χ2n) is 3.90. The average Bonchev–Trinajstić information content (AvgIpc) is 2.77. The molecule has 3 nitrogen and oxygen atoms in total. The smallest absolute Gasteiger partial charge is 0.253 e. The van der Waals surface area contributed by atoms with Gasteiger partial charge in [-0.2, -0.15) is 0 Å². The highest BCUT2D eigenvalue weighted by molar-refractivity contribution is 14.1. The van der Waals surface area contributed by atoms with E-state index >= 15 is 0 Å². The van der Waals surface area contributed by atoms with Gasteiger partial charge in [0, 0.05) is 29.3 Å². The normalized spacial score (nSPS) is 20.1. The Morgan fingerprint density at radius 2 is 2.12 bits per heavy atom. The summed E-state index contributed by atoms with van der Waals surface area (Å²) in [5.41, 5.74) is 0.761. The zero-order valence-electron chi connectivity index (χ0n) is 9.15. The van der Waals surface area contributed by atoms with E-state index in [-0.39, 0.29) is 12.0 Å². The van der Waals surface area contributed by atoms with E-state index in [1.807, 2.05) is 29.2 Å². The number of benzene rings is 1. The van der Waals surface area contributed by atoms with Gasteiger partial charge in [0.2, 0.25) is 0 Å². The minimum Gasteiger partial charge on any atom is -0.380 e. The molecule has 1 amide bonds. The molecule has 1 aromatic carbocycles. The van der Waals surface area contributed by atoms with Crippen LogP contribution in [0.4, 0.5) is 0 Å². The first-order chi connectivity index (χ1) is 7.70. The van der Waals surface area contributed by atoms with Crippen LogP contribution in [0.1, 0.15) is 16.8 Å². The summed E-state index contributed by atoms with van der Waals surface area (Å²) in [6.45, 7) is 1.50. The molecule has 0 N–H and O–H groups in total. The molecule has 0 aromatic heterocycles. The Labute approximate surface area is 109 Å². The quantitative estimate of drug-likeness (QED) is 0.778. The molecule has 0 aliphatic carbocycles. The van der Waals surface area contributed by atoms with Crippen LogP contribution in [0.25, 0.3) is 0 Å². The Hall–Kier alpha value is -0.620. The van der Waals surface area contributed by atoms with E-state index in [0.717, 1.165) is 22.1 Å². The second kappa shape index (κ2) is 5.14. The Bertz CT molecular complexity index is 377. The molecule has 1 aromatic rings. The first kappa shape index (κ1) is 11.9. The monoisotopic (exact) mass is 331 g/mol. The highest BCUT2D eigenvalue weighted by atomic mass is 127. The van der Waals surface area contributed by atoms with Crippen molar-refractivity contribution in [1.29, 1.82) is 0 Å². The first-order valence-electron chi connectivity index (χ1n) is 5.28. The van der Waals surface area contributed by atoms with Crippen molar-refractivity contribution in [3.8, 4) is 0 Å². The average molecular weight is 331 g/mol. The molecule has 86 valence electrons. The van der Waals surface area contributed by atoms with Crippen molar-refractivity contribution in [1.82, 2.24) is 4.90 Å². The molecule has 0 bridgehead atoms. The lowest BCUT2D eigenvalue weighted by molar-refractivity contribution is 0.0724. The van der Waals surface area contributed by atoms with Gasteiger partial charge in [-0.25, -0.2) is 0 Å². The topological polar surface area (TPSA) is 29.5 Å². The summed E-state index contributed by atoms with van der Waals surface area (Å²) in [4.78, 5) is 13.9. The third kappa shape index (κ3) is 2.55. The van der Waals surface area contributed by atoms with Crippen molar-refractivity contribution in [2.24, 2.45) is 0 Å². The molecule has 1 saturated heterocycles. The number of carbonyl (C=O) groups excluding carboxylic acids is 1. The van der Waals surface area contributed by atoms with Gasteiger partial charge >= 0.3 is 0 Å². The molecular formula is C12H14INO2. The first-order valence-corrected chi connectivity index (χ1v) is 6.36. The van der Waals surface area contributed by atoms with E-state index in [1.165, 1.54) is 0 Å². The highest BCUT2D eigenvalue weighted by Gasteiger charge is 2.26. The molecule has 16 heavy (non-hydrogen) atoms. The van der Waals surface area contributed by atoms with Crippen molar-refractivity contribution in [2.45, 2.75) is 12.5 Å². The van der Waals surface area contributed by atoms with Gasteiger partial charge < -0.3 is 9.64 Å². The zero-order chi connectivity index (χ0) is 11.5. The standard InChI is InChI=1S/C12H14INO2/c1-16-11-6-7-14(8-11)12(15)9-2-4-10(13)5-3-9/h2-5,11H,6-8H2,1H3. The molecule has 0 saturated carbocycles. The maximum atomic E-state index is 12.1. The number of nitrogens with zero attached hydrogens (tertiary/aromatic N) is 1. The van der Waals surface area contributed by atoms with Crippen LogP contribution >= 0.6 is 22.6 Å². The summed E-state index contributed by atoms with van der Waals surface area (Å²) in [5, 5.41) is 0. The lowest BCUT2D eigenvalue weighted by atomic mass is 10.2. The SMILES string of the molecule is COC1CCN(C(=O)c2ccc(I)cc2)C1. The number of ether oxygens (including phenoxy) is 1. The Balaban J connectivity index is 2.05. The Kier molecular flexibility index (Phi) is 3.81. The molecule has 1 atom stereocenters. The third-order valence-corrected chi connectivity index (χ3v) is 3.58. The number of likely N-dealkylation sites (tertiary alicyclic amines) is 1. The summed E-state index contributed by atoms with van der Waals surface area (Å²) >= 11 is 2.23. The van der Waals surface area contributed by atoms with Crippen molar-refractivity contribution in [2.75, 3.05) is 20.2 Å². The molecule has 4 heteroatoms. The fourth-order valence-electron chi connectivity index (χ4n) is 1.88. The van der Waals surface area contributed by atoms with Crippen LogP contribution in [0.3, 0.4) is 0 Å². The maximum absolute atomic E-state index is 12.1. The maximum Gasteiger partial charge on any atom is 0.253 e. The number of rotatable bonds is 2. The molecule has 1 fully saturated rings. The van der Waals surface area contributed by atoms with Gasteiger partial charge in [0.1, 0.15) is 0 Å². The summed E-state index contributed by atoms with van der Waals surface area (Å²) in [6.07, 6.45) is 1.14. The number of hydrogen-bond donors (Lipinski definition) is 0. The Morgan fingerprint density at radius 1 is 1.44 bits per heavy atom. The van der Waals surface area contributed by atoms with Crippen LogP contribution in [-0.2, 0) is 4.74 Å². The summed E-state index contributed by atoms with van der Waals surface area (Å²) in [6, 6.07) is 7.67. The van der Waals surface area contributed by atoms with Crippen LogP contribution in [-0.4, -0.2) is 37.1 Å².